The van der Waals surface area contributed by atoms with Crippen molar-refractivity contribution in [3.8, 4) is 17.4 Å². The number of anilines is 1. The number of hydrogen-bond donors (Lipinski definition) is 1. The lowest BCUT2D eigenvalue weighted by molar-refractivity contribution is 0.460. The van der Waals surface area contributed by atoms with Crippen LogP contribution in [-0.2, 0) is 10.0 Å². The highest BCUT2D eigenvalue weighted by atomic mass is 32.2. The molecule has 0 bridgehead atoms. The second-order valence-electron chi connectivity index (χ2n) is 7.54. The molecule has 2 heterocycles. The summed E-state index contributed by atoms with van der Waals surface area (Å²) < 4.78 is 34.8. The van der Waals surface area contributed by atoms with E-state index in [9.17, 15) is 8.42 Å². The molecule has 0 aliphatic heterocycles. The maximum Gasteiger partial charge on any atom is 0.255 e. The summed E-state index contributed by atoms with van der Waals surface area (Å²) in [5.41, 5.74) is 4.17. The molecule has 168 valence electrons. The molecule has 0 aliphatic rings. The van der Waals surface area contributed by atoms with Gasteiger partial charge >= 0.3 is 0 Å². The predicted octanol–water partition coefficient (Wildman–Crippen LogP) is 4.79. The Bertz CT molecular complexity index is 1390. The van der Waals surface area contributed by atoms with E-state index < -0.39 is 10.0 Å². The van der Waals surface area contributed by atoms with Crippen molar-refractivity contribution < 1.29 is 13.2 Å². The number of nitrogens with one attached hydrogen (secondary N) is 1. The van der Waals surface area contributed by atoms with Crippen LogP contribution < -0.4 is 9.46 Å². The molecule has 0 radical (unpaired) electrons. The highest BCUT2D eigenvalue weighted by molar-refractivity contribution is 7.95. The van der Waals surface area contributed by atoms with Crippen molar-refractivity contribution in [1.29, 1.82) is 0 Å². The van der Waals surface area contributed by atoms with Gasteiger partial charge in [-0.25, -0.2) is 23.1 Å². The van der Waals surface area contributed by atoms with Gasteiger partial charge in [0, 0.05) is 17.4 Å². The average Bonchev–Trinajstić information content (AvgIpc) is 3.13. The first-order valence-electron chi connectivity index (χ1n) is 10.2. The smallest absolute Gasteiger partial charge is 0.255 e. The van der Waals surface area contributed by atoms with Gasteiger partial charge < -0.3 is 4.74 Å². The maximum absolute atomic E-state index is 12.4. The lowest BCUT2D eigenvalue weighted by Gasteiger charge is -2.09. The third-order valence-electron chi connectivity index (χ3n) is 4.71. The fraction of sp³-hybridized carbons (Fsp3) is 0.125. The standard InChI is InChI=1S/C24H23N5O3S/c1-17-4-6-20(7-5-17)12-13-33(30,31)28-21-8-10-22(11-9-21)32-24-15-23(25-16-26-24)29-19(3)14-18(2)27-29/h4-16,28H,1-3H3/b13-12+. The lowest BCUT2D eigenvalue weighted by atomic mass is 10.2. The summed E-state index contributed by atoms with van der Waals surface area (Å²) in [6, 6.07) is 17.8. The molecule has 4 aromatic rings. The molecule has 8 nitrogen and oxygen atoms in total. The Kier molecular flexibility index (Phi) is 6.23. The molecule has 0 amide bonds. The summed E-state index contributed by atoms with van der Waals surface area (Å²) in [4.78, 5) is 8.39. The number of sulfonamides is 1. The molecule has 0 saturated heterocycles. The summed E-state index contributed by atoms with van der Waals surface area (Å²) >= 11 is 0. The van der Waals surface area contributed by atoms with Crippen LogP contribution >= 0.6 is 0 Å². The molecule has 2 aromatic heterocycles. The van der Waals surface area contributed by atoms with Crippen LogP contribution in [0.3, 0.4) is 0 Å². The lowest BCUT2D eigenvalue weighted by Crippen LogP contribution is -2.08. The molecular weight excluding hydrogens is 438 g/mol. The van der Waals surface area contributed by atoms with Crippen molar-refractivity contribution >= 4 is 21.8 Å². The highest BCUT2D eigenvalue weighted by Crippen LogP contribution is 2.23. The van der Waals surface area contributed by atoms with Gasteiger partial charge in [-0.05, 0) is 62.7 Å². The molecule has 0 unspecified atom stereocenters. The summed E-state index contributed by atoms with van der Waals surface area (Å²) in [5, 5.41) is 5.55. The summed E-state index contributed by atoms with van der Waals surface area (Å²) in [7, 11) is -3.65. The maximum atomic E-state index is 12.4. The molecule has 0 spiro atoms. The van der Waals surface area contributed by atoms with Crippen LogP contribution in [0.2, 0.25) is 0 Å². The van der Waals surface area contributed by atoms with Crippen molar-refractivity contribution in [3.05, 3.63) is 94.9 Å². The number of benzene rings is 2. The Labute approximate surface area is 192 Å². The van der Waals surface area contributed by atoms with E-state index in [1.165, 1.54) is 6.33 Å². The second-order valence-corrected chi connectivity index (χ2v) is 9.11. The third-order valence-corrected chi connectivity index (χ3v) is 5.72. The SMILES string of the molecule is Cc1ccc(/C=C/S(=O)(=O)Nc2ccc(Oc3cc(-n4nc(C)cc4C)ncn3)cc2)cc1. The first-order valence-corrected chi connectivity index (χ1v) is 11.7. The Balaban J connectivity index is 1.43. The van der Waals surface area contributed by atoms with Crippen LogP contribution in [0.1, 0.15) is 22.5 Å². The first-order chi connectivity index (χ1) is 15.8. The Hall–Kier alpha value is -3.98. The summed E-state index contributed by atoms with van der Waals surface area (Å²) in [6.45, 7) is 5.83. The van der Waals surface area contributed by atoms with Crippen LogP contribution in [-0.4, -0.2) is 28.2 Å². The Morgan fingerprint density at radius 1 is 0.939 bits per heavy atom. The van der Waals surface area contributed by atoms with E-state index in [-0.39, 0.29) is 0 Å². The number of nitrogens with zero attached hydrogens (tertiary/aromatic N) is 4. The van der Waals surface area contributed by atoms with Gasteiger partial charge in [-0.15, -0.1) is 0 Å². The second kappa shape index (κ2) is 9.25. The van der Waals surface area contributed by atoms with Gasteiger partial charge in [-0.3, -0.25) is 4.72 Å². The third kappa shape index (κ3) is 5.83. The molecule has 4 rings (SSSR count). The Morgan fingerprint density at radius 3 is 2.33 bits per heavy atom. The van der Waals surface area contributed by atoms with E-state index in [1.54, 1.807) is 41.1 Å². The van der Waals surface area contributed by atoms with Gasteiger partial charge in [0.25, 0.3) is 10.0 Å². The van der Waals surface area contributed by atoms with E-state index in [2.05, 4.69) is 19.8 Å². The van der Waals surface area contributed by atoms with Crippen molar-refractivity contribution in [1.82, 2.24) is 19.7 Å². The molecule has 1 N–H and O–H groups in total. The number of aromatic nitrogens is 4. The van der Waals surface area contributed by atoms with Crippen LogP contribution in [0.15, 0.2) is 72.4 Å². The van der Waals surface area contributed by atoms with Crippen LogP contribution in [0.5, 0.6) is 11.6 Å². The van der Waals surface area contributed by atoms with Gasteiger partial charge in [0.05, 0.1) is 11.1 Å². The quantitative estimate of drug-likeness (QED) is 0.425. The number of hydrogen-bond acceptors (Lipinski definition) is 6. The summed E-state index contributed by atoms with van der Waals surface area (Å²) in [5.74, 6) is 1.45. The average molecular weight is 462 g/mol. The zero-order valence-corrected chi connectivity index (χ0v) is 19.2. The van der Waals surface area contributed by atoms with Crippen LogP contribution in [0, 0.1) is 20.8 Å². The van der Waals surface area contributed by atoms with Crippen molar-refractivity contribution in [3.63, 3.8) is 0 Å². The van der Waals surface area contributed by atoms with Gasteiger partial charge in [0.1, 0.15) is 12.1 Å². The Morgan fingerprint density at radius 2 is 1.67 bits per heavy atom. The number of rotatable bonds is 7. The fourth-order valence-corrected chi connectivity index (χ4v) is 3.99. The largest absolute Gasteiger partial charge is 0.439 e. The minimum Gasteiger partial charge on any atom is -0.439 e. The van der Waals surface area contributed by atoms with Gasteiger partial charge in [-0.1, -0.05) is 29.8 Å². The van der Waals surface area contributed by atoms with Gasteiger partial charge in [0.2, 0.25) is 5.88 Å². The van der Waals surface area contributed by atoms with Crippen molar-refractivity contribution in [2.45, 2.75) is 20.8 Å². The molecule has 33 heavy (non-hydrogen) atoms. The van der Waals surface area contributed by atoms with E-state index >= 15 is 0 Å². The normalized spacial score (nSPS) is 11.6. The topological polar surface area (TPSA) is 99.0 Å². The molecule has 9 heteroatoms. The molecular formula is C24H23N5O3S. The zero-order valence-electron chi connectivity index (χ0n) is 18.4. The van der Waals surface area contributed by atoms with E-state index in [0.717, 1.165) is 27.9 Å². The molecule has 2 aromatic carbocycles. The predicted molar refractivity (Wildman–Crippen MR) is 128 cm³/mol. The van der Waals surface area contributed by atoms with Crippen molar-refractivity contribution in [2.75, 3.05) is 4.72 Å². The van der Waals surface area contributed by atoms with Crippen LogP contribution in [0.25, 0.3) is 11.9 Å². The first kappa shape index (κ1) is 22.2. The minimum atomic E-state index is -3.65. The molecule has 0 atom stereocenters. The molecule has 0 saturated carbocycles. The fourth-order valence-electron chi connectivity index (χ4n) is 3.12. The van der Waals surface area contributed by atoms with E-state index in [4.69, 9.17) is 4.74 Å². The van der Waals surface area contributed by atoms with Crippen molar-refractivity contribution in [2.24, 2.45) is 0 Å². The number of ether oxygens (including phenoxy) is 1. The van der Waals surface area contributed by atoms with Crippen LogP contribution in [0.4, 0.5) is 5.69 Å². The number of aryl methyl sites for hydroxylation is 3. The summed E-state index contributed by atoms with van der Waals surface area (Å²) in [6.07, 6.45) is 2.96. The van der Waals surface area contributed by atoms with Gasteiger partial charge in [-0.2, -0.15) is 5.10 Å². The minimum absolute atomic E-state index is 0.349. The molecule has 0 aliphatic carbocycles. The molecule has 0 fully saturated rings. The monoisotopic (exact) mass is 461 g/mol. The van der Waals surface area contributed by atoms with E-state index in [0.29, 0.717) is 23.1 Å². The zero-order chi connectivity index (χ0) is 23.4. The van der Waals surface area contributed by atoms with Gasteiger partial charge in [0.15, 0.2) is 5.82 Å². The highest BCUT2D eigenvalue weighted by Gasteiger charge is 2.09. The van der Waals surface area contributed by atoms with E-state index in [1.807, 2.05) is 51.1 Å².